The van der Waals surface area contributed by atoms with E-state index in [1.54, 1.807) is 24.4 Å². The predicted octanol–water partition coefficient (Wildman–Crippen LogP) is 3.78. The zero-order valence-electron chi connectivity index (χ0n) is 15.5. The van der Waals surface area contributed by atoms with E-state index in [0.29, 0.717) is 11.7 Å². The van der Waals surface area contributed by atoms with Gasteiger partial charge >= 0.3 is 0 Å². The van der Waals surface area contributed by atoms with E-state index in [2.05, 4.69) is 21.5 Å². The molecule has 0 aliphatic carbocycles. The molecule has 140 valence electrons. The minimum atomic E-state index is -3.63. The van der Waals surface area contributed by atoms with Gasteiger partial charge in [-0.3, -0.25) is 4.72 Å². The molecule has 0 spiro atoms. The number of benzene rings is 1. The topological polar surface area (TPSA) is 62.3 Å². The molecule has 1 saturated heterocycles. The molecule has 1 unspecified atom stereocenters. The zero-order chi connectivity index (χ0) is 18.6. The highest BCUT2D eigenvalue weighted by molar-refractivity contribution is 7.92. The van der Waals surface area contributed by atoms with E-state index in [1.807, 2.05) is 25.1 Å². The number of pyridine rings is 1. The number of aryl methyl sites for hydroxylation is 1. The number of likely N-dealkylation sites (tertiary alicyclic amines) is 1. The summed E-state index contributed by atoms with van der Waals surface area (Å²) >= 11 is 0. The molecule has 0 saturated carbocycles. The summed E-state index contributed by atoms with van der Waals surface area (Å²) in [6.07, 6.45) is 5.17. The van der Waals surface area contributed by atoms with Crippen LogP contribution < -0.4 is 4.72 Å². The van der Waals surface area contributed by atoms with Crippen molar-refractivity contribution in [1.29, 1.82) is 0 Å². The van der Waals surface area contributed by atoms with Crippen molar-refractivity contribution >= 4 is 15.8 Å². The van der Waals surface area contributed by atoms with Gasteiger partial charge in [0.25, 0.3) is 10.0 Å². The number of nitrogens with one attached hydrogen (secondary N) is 1. The van der Waals surface area contributed by atoms with Gasteiger partial charge in [0.1, 0.15) is 5.82 Å². The number of anilines is 1. The molecule has 1 aliphatic rings. The molecule has 0 amide bonds. The molecule has 3 rings (SSSR count). The van der Waals surface area contributed by atoms with Gasteiger partial charge in [0.15, 0.2) is 0 Å². The van der Waals surface area contributed by atoms with Crippen molar-refractivity contribution in [3.63, 3.8) is 0 Å². The van der Waals surface area contributed by atoms with Gasteiger partial charge in [-0.1, -0.05) is 19.1 Å². The lowest BCUT2D eigenvalue weighted by molar-refractivity contribution is 0.208. The maximum absolute atomic E-state index is 12.6. The van der Waals surface area contributed by atoms with Crippen LogP contribution in [0.15, 0.2) is 47.5 Å². The van der Waals surface area contributed by atoms with Crippen LogP contribution in [0.4, 0.5) is 5.82 Å². The minimum absolute atomic E-state index is 0.261. The van der Waals surface area contributed by atoms with Gasteiger partial charge in [0.05, 0.1) is 4.90 Å². The van der Waals surface area contributed by atoms with E-state index in [9.17, 15) is 8.42 Å². The fourth-order valence-corrected chi connectivity index (χ4v) is 4.69. The second kappa shape index (κ2) is 8.18. The fourth-order valence-electron chi connectivity index (χ4n) is 3.58. The average molecular weight is 374 g/mol. The van der Waals surface area contributed by atoms with Gasteiger partial charge < -0.3 is 4.90 Å². The Morgan fingerprint density at radius 2 is 2.12 bits per heavy atom. The summed E-state index contributed by atoms with van der Waals surface area (Å²) in [6.45, 7) is 7.38. The summed E-state index contributed by atoms with van der Waals surface area (Å²) in [5, 5.41) is 0. The summed E-state index contributed by atoms with van der Waals surface area (Å²) in [5.74, 6) is 0.817. The maximum Gasteiger partial charge on any atom is 0.263 e. The Balaban J connectivity index is 1.77. The van der Waals surface area contributed by atoms with Gasteiger partial charge in [-0.05, 0) is 80.6 Å². The highest BCUT2D eigenvalue weighted by Gasteiger charge is 2.22. The van der Waals surface area contributed by atoms with Crippen LogP contribution in [0.1, 0.15) is 43.2 Å². The van der Waals surface area contributed by atoms with E-state index in [-0.39, 0.29) is 4.90 Å². The first kappa shape index (κ1) is 18.9. The summed E-state index contributed by atoms with van der Waals surface area (Å²) in [5.41, 5.74) is 2.07. The molecule has 1 fully saturated rings. The third-order valence-electron chi connectivity index (χ3n) is 4.84. The first-order valence-corrected chi connectivity index (χ1v) is 10.7. The van der Waals surface area contributed by atoms with Crippen LogP contribution in [-0.4, -0.2) is 37.9 Å². The quantitative estimate of drug-likeness (QED) is 0.837. The summed E-state index contributed by atoms with van der Waals surface area (Å²) in [6, 6.07) is 10.8. The van der Waals surface area contributed by atoms with Crippen LogP contribution in [0.2, 0.25) is 0 Å². The van der Waals surface area contributed by atoms with Crippen LogP contribution in [0.5, 0.6) is 0 Å². The monoisotopic (exact) mass is 373 g/mol. The molecule has 1 N–H and O–H groups in total. The molecule has 1 aromatic heterocycles. The van der Waals surface area contributed by atoms with E-state index in [1.165, 1.54) is 6.42 Å². The normalized spacial score (nSPS) is 18.6. The number of nitrogens with zero attached hydrogens (tertiary/aromatic N) is 2. The smallest absolute Gasteiger partial charge is 0.263 e. The van der Waals surface area contributed by atoms with E-state index in [4.69, 9.17) is 0 Å². The van der Waals surface area contributed by atoms with Crippen LogP contribution >= 0.6 is 0 Å². The number of hydrogen-bond donors (Lipinski definition) is 1. The summed E-state index contributed by atoms with van der Waals surface area (Å²) in [4.78, 5) is 6.97. The molecular weight excluding hydrogens is 346 g/mol. The van der Waals surface area contributed by atoms with Gasteiger partial charge in [-0.25, -0.2) is 13.4 Å². The van der Waals surface area contributed by atoms with Gasteiger partial charge in [0, 0.05) is 12.7 Å². The second-order valence-corrected chi connectivity index (χ2v) is 8.72. The van der Waals surface area contributed by atoms with Gasteiger partial charge in [0.2, 0.25) is 0 Å². The molecule has 2 aromatic rings. The Morgan fingerprint density at radius 3 is 2.88 bits per heavy atom. The highest BCUT2D eigenvalue weighted by atomic mass is 32.2. The standard InChI is InChI=1S/C20H27N3O2S/c1-3-11-23-12-5-7-18(15-23)17-9-10-21-20(14-17)22-26(24,25)19-8-4-6-16(2)13-19/h4,6,8-10,13-14,18H,3,5,7,11-12,15H2,1-2H3,(H,21,22). The molecule has 2 heterocycles. The number of hydrogen-bond acceptors (Lipinski definition) is 4. The van der Waals surface area contributed by atoms with Crippen molar-refractivity contribution in [2.75, 3.05) is 24.4 Å². The van der Waals surface area contributed by atoms with Crippen LogP contribution in [0.3, 0.4) is 0 Å². The lowest BCUT2D eigenvalue weighted by atomic mass is 9.91. The maximum atomic E-state index is 12.6. The molecule has 0 bridgehead atoms. The third kappa shape index (κ3) is 4.62. The minimum Gasteiger partial charge on any atom is -0.303 e. The molecule has 1 aromatic carbocycles. The molecular formula is C20H27N3O2S. The van der Waals surface area contributed by atoms with Crippen molar-refractivity contribution in [3.05, 3.63) is 53.7 Å². The SMILES string of the molecule is CCCN1CCCC(c2ccnc(NS(=O)(=O)c3cccc(C)c3)c2)C1. The second-order valence-electron chi connectivity index (χ2n) is 7.04. The largest absolute Gasteiger partial charge is 0.303 e. The van der Waals surface area contributed by atoms with Crippen molar-refractivity contribution in [1.82, 2.24) is 9.88 Å². The van der Waals surface area contributed by atoms with Crippen molar-refractivity contribution < 1.29 is 8.42 Å². The van der Waals surface area contributed by atoms with E-state index < -0.39 is 10.0 Å². The van der Waals surface area contributed by atoms with Crippen molar-refractivity contribution in [2.24, 2.45) is 0 Å². The van der Waals surface area contributed by atoms with Crippen molar-refractivity contribution in [3.8, 4) is 0 Å². The molecule has 1 aliphatic heterocycles. The number of aromatic nitrogens is 1. The van der Waals surface area contributed by atoms with E-state index >= 15 is 0 Å². The summed E-state index contributed by atoms with van der Waals surface area (Å²) in [7, 11) is -3.63. The Labute approximate surface area is 156 Å². The third-order valence-corrected chi connectivity index (χ3v) is 6.19. The fraction of sp³-hybridized carbons (Fsp3) is 0.450. The Morgan fingerprint density at radius 1 is 1.27 bits per heavy atom. The number of rotatable bonds is 6. The Hall–Kier alpha value is -1.92. The van der Waals surface area contributed by atoms with Gasteiger partial charge in [-0.15, -0.1) is 0 Å². The number of piperidine rings is 1. The van der Waals surface area contributed by atoms with Crippen LogP contribution in [0.25, 0.3) is 0 Å². The van der Waals surface area contributed by atoms with Gasteiger partial charge in [-0.2, -0.15) is 0 Å². The zero-order valence-corrected chi connectivity index (χ0v) is 16.3. The molecule has 5 nitrogen and oxygen atoms in total. The lowest BCUT2D eigenvalue weighted by Crippen LogP contribution is -2.34. The van der Waals surface area contributed by atoms with Crippen molar-refractivity contribution in [2.45, 2.75) is 43.9 Å². The molecule has 0 radical (unpaired) electrons. The Bertz CT molecular complexity index is 850. The average Bonchev–Trinajstić information content (AvgIpc) is 2.62. The first-order chi connectivity index (χ1) is 12.5. The molecule has 26 heavy (non-hydrogen) atoms. The lowest BCUT2D eigenvalue weighted by Gasteiger charge is -2.32. The van der Waals surface area contributed by atoms with Crippen LogP contribution in [-0.2, 0) is 10.0 Å². The molecule has 6 heteroatoms. The summed E-state index contributed by atoms with van der Waals surface area (Å²) < 4.78 is 27.9. The first-order valence-electron chi connectivity index (χ1n) is 9.26. The highest BCUT2D eigenvalue weighted by Crippen LogP contribution is 2.28. The Kier molecular flexibility index (Phi) is 5.94. The van der Waals surface area contributed by atoms with Crippen LogP contribution in [0, 0.1) is 6.92 Å². The molecule has 1 atom stereocenters. The number of sulfonamides is 1. The predicted molar refractivity (Wildman–Crippen MR) is 105 cm³/mol. The van der Waals surface area contributed by atoms with E-state index in [0.717, 1.165) is 43.6 Å².